The standard InChI is InChI=1S/C47H62N12O11S2/c1-7-11-35-39-41(54(5)52-35)45(60)50-43(48-39)33-29-31(13-15-37(33)67-9-3)71(63,64)58-21-17-56(18-22-58)25-27-69-47(62)70-28-26-57-19-23-59(24-20-57)72(65,66)32-14-16-38(68-10-4)34(30-32)44-49-40-36(12-8-2)53-55(6)42(40)46(61)51-44/h13-16,29-30H,7-12,17-28H2,1-6H3,(H,48,50,60)(H,49,51,61). The highest BCUT2D eigenvalue weighted by Crippen LogP contribution is 2.34. The van der Waals surface area contributed by atoms with Crippen molar-refractivity contribution in [1.29, 1.82) is 0 Å². The number of aryl methyl sites for hydroxylation is 4. The summed E-state index contributed by atoms with van der Waals surface area (Å²) in [5.74, 6) is 1.12. The van der Waals surface area contributed by atoms with Gasteiger partial charge in [0.1, 0.15) is 47.4 Å². The van der Waals surface area contributed by atoms with E-state index in [-0.39, 0.29) is 60.8 Å². The number of sulfonamides is 2. The van der Waals surface area contributed by atoms with Crippen LogP contribution in [0, 0.1) is 0 Å². The molecule has 2 fully saturated rings. The van der Waals surface area contributed by atoms with Crippen LogP contribution in [0.15, 0.2) is 55.8 Å². The number of fused-ring (bicyclic) bond motifs is 2. The van der Waals surface area contributed by atoms with E-state index in [0.29, 0.717) is 121 Å². The number of carbonyl (C=O) groups is 1. The van der Waals surface area contributed by atoms with Gasteiger partial charge in [0.25, 0.3) is 11.1 Å². The van der Waals surface area contributed by atoms with Crippen molar-refractivity contribution in [3.05, 3.63) is 68.5 Å². The third-order valence-corrected chi connectivity index (χ3v) is 16.5. The first-order valence-electron chi connectivity index (χ1n) is 24.3. The molecule has 6 aromatic rings. The van der Waals surface area contributed by atoms with Crippen LogP contribution in [0.1, 0.15) is 51.9 Å². The van der Waals surface area contributed by atoms with Crippen molar-refractivity contribution in [3.63, 3.8) is 0 Å². The number of ether oxygens (including phenoxy) is 4. The van der Waals surface area contributed by atoms with Gasteiger partial charge in [-0.2, -0.15) is 18.8 Å². The number of benzene rings is 2. The van der Waals surface area contributed by atoms with Crippen molar-refractivity contribution in [2.45, 2.75) is 63.2 Å². The Morgan fingerprint density at radius 3 is 1.35 bits per heavy atom. The Kier molecular flexibility index (Phi) is 16.1. The Balaban J connectivity index is 0.797. The van der Waals surface area contributed by atoms with Crippen molar-refractivity contribution in [2.24, 2.45) is 14.1 Å². The zero-order valence-electron chi connectivity index (χ0n) is 41.5. The second-order valence-corrected chi connectivity index (χ2v) is 21.4. The summed E-state index contributed by atoms with van der Waals surface area (Å²) < 4.78 is 84.1. The lowest BCUT2D eigenvalue weighted by Gasteiger charge is -2.34. The fraction of sp³-hybridized carbons (Fsp3) is 0.511. The van der Waals surface area contributed by atoms with Gasteiger partial charge < -0.3 is 28.9 Å². The largest absolute Gasteiger partial charge is 0.508 e. The van der Waals surface area contributed by atoms with E-state index in [1.807, 2.05) is 37.5 Å². The molecule has 2 N–H and O–H groups in total. The summed E-state index contributed by atoms with van der Waals surface area (Å²) in [6.07, 6.45) is 2.01. The first-order valence-corrected chi connectivity index (χ1v) is 27.2. The number of rotatable bonds is 20. The molecule has 0 radical (unpaired) electrons. The number of aromatic nitrogens is 8. The number of hydrogen-bond donors (Lipinski definition) is 2. The summed E-state index contributed by atoms with van der Waals surface area (Å²) in [4.78, 5) is 58.1. The third kappa shape index (κ3) is 10.9. The lowest BCUT2D eigenvalue weighted by atomic mass is 10.1. The van der Waals surface area contributed by atoms with Crippen LogP contribution in [-0.4, -0.2) is 173 Å². The molecule has 2 aliphatic heterocycles. The molecule has 2 aliphatic rings. The molecule has 8 rings (SSSR count). The van der Waals surface area contributed by atoms with E-state index < -0.39 is 37.3 Å². The Hall–Kier alpha value is -6.25. The second kappa shape index (κ2) is 22.3. The fourth-order valence-corrected chi connectivity index (χ4v) is 12.0. The number of nitrogens with zero attached hydrogens (tertiary/aromatic N) is 10. The smallest absolute Gasteiger partial charge is 0.493 e. The van der Waals surface area contributed by atoms with Crippen LogP contribution in [0.5, 0.6) is 11.5 Å². The summed E-state index contributed by atoms with van der Waals surface area (Å²) in [5.41, 5.74) is 2.83. The zero-order chi connectivity index (χ0) is 51.3. The van der Waals surface area contributed by atoms with Gasteiger partial charge in [-0.1, -0.05) is 26.7 Å². The number of nitrogens with one attached hydrogen (secondary N) is 2. The number of hydrogen-bond acceptors (Lipinski definition) is 17. The minimum atomic E-state index is -3.96. The predicted octanol–water partition coefficient (Wildman–Crippen LogP) is 3.13. The van der Waals surface area contributed by atoms with E-state index >= 15 is 0 Å². The number of carbonyl (C=O) groups excluding carboxylic acids is 1. The predicted molar refractivity (Wildman–Crippen MR) is 267 cm³/mol. The average molecular weight is 1040 g/mol. The molecule has 2 saturated heterocycles. The lowest BCUT2D eigenvalue weighted by molar-refractivity contribution is 0.0370. The molecule has 25 heteroatoms. The average Bonchev–Trinajstić information content (AvgIpc) is 3.86. The summed E-state index contributed by atoms with van der Waals surface area (Å²) in [6, 6.07) is 9.09. The molecule has 0 amide bonds. The molecule has 0 saturated carbocycles. The first-order chi connectivity index (χ1) is 34.6. The molecule has 4 aromatic heterocycles. The SMILES string of the molecule is CCCc1nn(C)c2c(=O)[nH]c(-c3cc(S(=O)(=O)N4CCN(CCOC(=O)OCCN5CCN(S(=O)(=O)c6ccc(OCC)c(-c7nc8c(CCC)nn(C)c8c(=O)[nH]7)c6)CC5)CC4)ccc3OCC)nc12. The summed E-state index contributed by atoms with van der Waals surface area (Å²) in [6.45, 7) is 11.5. The molecule has 0 unspecified atom stereocenters. The fourth-order valence-electron chi connectivity index (χ4n) is 9.07. The van der Waals surface area contributed by atoms with Gasteiger partial charge in [0, 0.05) is 79.5 Å². The van der Waals surface area contributed by atoms with Gasteiger partial charge in [-0.05, 0) is 63.1 Å². The molecule has 72 heavy (non-hydrogen) atoms. The highest BCUT2D eigenvalue weighted by Gasteiger charge is 2.32. The molecule has 388 valence electrons. The van der Waals surface area contributed by atoms with Crippen LogP contribution in [-0.2, 0) is 56.5 Å². The molecule has 0 aliphatic carbocycles. The van der Waals surface area contributed by atoms with Crippen LogP contribution in [0.4, 0.5) is 4.79 Å². The summed E-state index contributed by atoms with van der Waals surface area (Å²) in [5, 5.41) is 8.98. The maximum Gasteiger partial charge on any atom is 0.508 e. The Labute approximate surface area is 417 Å². The highest BCUT2D eigenvalue weighted by atomic mass is 32.2. The maximum absolute atomic E-state index is 14.0. The van der Waals surface area contributed by atoms with Gasteiger partial charge in [0.15, 0.2) is 11.0 Å². The summed E-state index contributed by atoms with van der Waals surface area (Å²) >= 11 is 0. The van der Waals surface area contributed by atoms with Gasteiger partial charge >= 0.3 is 6.16 Å². The molecule has 0 spiro atoms. The molecule has 0 atom stereocenters. The van der Waals surface area contributed by atoms with Gasteiger partial charge in [-0.15, -0.1) is 0 Å². The van der Waals surface area contributed by atoms with Gasteiger partial charge in [0.2, 0.25) is 20.0 Å². The van der Waals surface area contributed by atoms with E-state index in [1.54, 1.807) is 26.2 Å². The molecular weight excluding hydrogens is 973 g/mol. The van der Waals surface area contributed by atoms with Gasteiger partial charge in [0.05, 0.1) is 45.5 Å². The van der Waals surface area contributed by atoms with Crippen LogP contribution in [0.2, 0.25) is 0 Å². The number of piperazine rings is 2. The highest BCUT2D eigenvalue weighted by molar-refractivity contribution is 7.89. The Morgan fingerprint density at radius 2 is 0.986 bits per heavy atom. The van der Waals surface area contributed by atoms with E-state index in [0.717, 1.165) is 12.8 Å². The first kappa shape index (κ1) is 52.1. The van der Waals surface area contributed by atoms with Crippen molar-refractivity contribution in [1.82, 2.24) is 57.9 Å². The molecule has 6 heterocycles. The summed E-state index contributed by atoms with van der Waals surface area (Å²) in [7, 11) is -4.54. The van der Waals surface area contributed by atoms with Crippen molar-refractivity contribution in [3.8, 4) is 34.3 Å². The van der Waals surface area contributed by atoms with Crippen molar-refractivity contribution >= 4 is 48.3 Å². The van der Waals surface area contributed by atoms with E-state index in [9.17, 15) is 31.2 Å². The second-order valence-electron chi connectivity index (χ2n) is 17.5. The van der Waals surface area contributed by atoms with E-state index in [1.165, 1.54) is 42.2 Å². The number of aromatic amines is 2. The van der Waals surface area contributed by atoms with E-state index in [2.05, 4.69) is 20.2 Å². The molecule has 2 aromatic carbocycles. The molecule has 23 nitrogen and oxygen atoms in total. The molecule has 0 bridgehead atoms. The van der Waals surface area contributed by atoms with Gasteiger partial charge in [-0.3, -0.25) is 28.8 Å². The monoisotopic (exact) mass is 1030 g/mol. The van der Waals surface area contributed by atoms with Gasteiger partial charge in [-0.25, -0.2) is 31.6 Å². The van der Waals surface area contributed by atoms with Crippen LogP contribution in [0.25, 0.3) is 44.8 Å². The zero-order valence-corrected chi connectivity index (χ0v) is 43.1. The Bertz CT molecular complexity index is 3070. The van der Waals surface area contributed by atoms with Crippen LogP contribution >= 0.6 is 0 Å². The Morgan fingerprint density at radius 1 is 0.597 bits per heavy atom. The minimum Gasteiger partial charge on any atom is -0.493 e. The lowest BCUT2D eigenvalue weighted by Crippen LogP contribution is -2.49. The molecular formula is C47H62N12O11S2. The normalized spacial score (nSPS) is 15.6. The van der Waals surface area contributed by atoms with Crippen LogP contribution in [0.3, 0.4) is 0 Å². The topological polar surface area (TPSA) is 262 Å². The number of H-pyrrole nitrogens is 2. The van der Waals surface area contributed by atoms with Crippen molar-refractivity contribution < 1.29 is 40.6 Å². The quantitative estimate of drug-likeness (QED) is 0.104. The minimum absolute atomic E-state index is 0.0307. The third-order valence-electron chi connectivity index (χ3n) is 12.7. The van der Waals surface area contributed by atoms with Crippen LogP contribution < -0.4 is 20.6 Å². The van der Waals surface area contributed by atoms with E-state index in [4.69, 9.17) is 28.9 Å². The maximum atomic E-state index is 14.0. The van der Waals surface area contributed by atoms with Crippen molar-refractivity contribution in [2.75, 3.05) is 91.9 Å².